The van der Waals surface area contributed by atoms with Gasteiger partial charge in [-0.15, -0.1) is 0 Å². The Balaban J connectivity index is 1.40. The molecular weight excluding hydrogens is 340 g/mol. The monoisotopic (exact) mass is 366 g/mol. The Morgan fingerprint density at radius 1 is 0.962 bits per heavy atom. The van der Waals surface area contributed by atoms with Crippen LogP contribution in [0.15, 0.2) is 58.3 Å². The lowest BCUT2D eigenvalue weighted by atomic mass is 9.89. The molecule has 0 spiro atoms. The highest BCUT2D eigenvalue weighted by molar-refractivity contribution is 7.99. The predicted molar refractivity (Wildman–Crippen MR) is 108 cm³/mol. The van der Waals surface area contributed by atoms with Crippen molar-refractivity contribution in [1.29, 1.82) is 0 Å². The van der Waals surface area contributed by atoms with Crippen LogP contribution in [-0.4, -0.2) is 19.0 Å². The van der Waals surface area contributed by atoms with Crippen molar-refractivity contribution in [3.05, 3.63) is 48.5 Å². The number of carbonyl (C=O) groups is 1. The van der Waals surface area contributed by atoms with Gasteiger partial charge in [0, 0.05) is 29.3 Å². The van der Waals surface area contributed by atoms with Crippen LogP contribution in [0.5, 0.6) is 0 Å². The summed E-state index contributed by atoms with van der Waals surface area (Å²) in [6.45, 7) is 1.56. The fourth-order valence-electron chi connectivity index (χ4n) is 3.97. The van der Waals surface area contributed by atoms with Crippen LogP contribution in [0.1, 0.15) is 38.5 Å². The molecule has 2 aliphatic rings. The molecule has 0 radical (unpaired) electrons. The Bertz CT molecular complexity index is 725. The highest BCUT2D eigenvalue weighted by Gasteiger charge is 2.23. The minimum absolute atomic E-state index is 0.170. The number of carbonyl (C=O) groups excluding carboxylic acids is 1. The van der Waals surface area contributed by atoms with E-state index in [-0.39, 0.29) is 5.91 Å². The minimum Gasteiger partial charge on any atom is -0.356 e. The van der Waals surface area contributed by atoms with Gasteiger partial charge >= 0.3 is 0 Å². The summed E-state index contributed by atoms with van der Waals surface area (Å²) < 4.78 is 0. The average molecular weight is 367 g/mol. The molecule has 2 aromatic rings. The number of anilines is 2. The van der Waals surface area contributed by atoms with Crippen LogP contribution >= 0.6 is 11.8 Å². The molecule has 26 heavy (non-hydrogen) atoms. The van der Waals surface area contributed by atoms with Gasteiger partial charge in [-0.1, -0.05) is 55.3 Å². The molecule has 0 unspecified atom stereocenters. The molecule has 4 heteroatoms. The third-order valence-electron chi connectivity index (χ3n) is 5.41. The quantitative estimate of drug-likeness (QED) is 0.771. The third kappa shape index (κ3) is 3.90. The molecule has 0 saturated heterocycles. The molecule has 1 fully saturated rings. The summed E-state index contributed by atoms with van der Waals surface area (Å²) in [6, 6.07) is 16.9. The number of hydrogen-bond acceptors (Lipinski definition) is 3. The molecule has 2 aromatic carbocycles. The number of para-hydroxylation sites is 2. The van der Waals surface area contributed by atoms with E-state index in [0.717, 1.165) is 6.54 Å². The van der Waals surface area contributed by atoms with E-state index in [1.807, 2.05) is 11.8 Å². The van der Waals surface area contributed by atoms with E-state index in [4.69, 9.17) is 0 Å². The van der Waals surface area contributed by atoms with Gasteiger partial charge in [-0.05, 0) is 43.0 Å². The number of nitrogens with zero attached hydrogens (tertiary/aromatic N) is 1. The van der Waals surface area contributed by atoms with Gasteiger partial charge in [0.2, 0.25) is 5.91 Å². The van der Waals surface area contributed by atoms with Gasteiger partial charge < -0.3 is 10.2 Å². The molecule has 3 nitrogen and oxygen atoms in total. The summed E-state index contributed by atoms with van der Waals surface area (Å²) in [7, 11) is 0. The van der Waals surface area contributed by atoms with Crippen LogP contribution in [-0.2, 0) is 4.79 Å². The highest BCUT2D eigenvalue weighted by Crippen LogP contribution is 2.47. The van der Waals surface area contributed by atoms with Crippen molar-refractivity contribution in [3.8, 4) is 0 Å². The predicted octanol–water partition coefficient (Wildman–Crippen LogP) is 5.38. The van der Waals surface area contributed by atoms with Crippen LogP contribution in [0.25, 0.3) is 0 Å². The van der Waals surface area contributed by atoms with Gasteiger partial charge in [-0.3, -0.25) is 4.79 Å². The second kappa shape index (κ2) is 8.17. The van der Waals surface area contributed by atoms with Crippen molar-refractivity contribution in [2.45, 2.75) is 48.3 Å². The number of benzene rings is 2. The van der Waals surface area contributed by atoms with Crippen LogP contribution < -0.4 is 10.2 Å². The first-order valence-corrected chi connectivity index (χ1v) is 10.5. The van der Waals surface area contributed by atoms with E-state index in [2.05, 4.69) is 58.7 Å². The zero-order valence-electron chi connectivity index (χ0n) is 15.1. The topological polar surface area (TPSA) is 32.3 Å². The first-order valence-electron chi connectivity index (χ1n) is 9.71. The van der Waals surface area contributed by atoms with Crippen molar-refractivity contribution >= 4 is 29.0 Å². The number of nitrogens with one attached hydrogen (secondary N) is 1. The van der Waals surface area contributed by atoms with E-state index in [1.54, 1.807) is 0 Å². The van der Waals surface area contributed by atoms with Crippen molar-refractivity contribution < 1.29 is 4.79 Å². The highest BCUT2D eigenvalue weighted by atomic mass is 32.2. The maximum atomic E-state index is 12.4. The summed E-state index contributed by atoms with van der Waals surface area (Å²) in [5.41, 5.74) is 2.41. The van der Waals surface area contributed by atoms with Crippen molar-refractivity contribution in [2.75, 3.05) is 18.0 Å². The number of amides is 1. The Kier molecular flexibility index (Phi) is 5.49. The first kappa shape index (κ1) is 17.5. The number of rotatable bonds is 5. The Morgan fingerprint density at radius 3 is 2.23 bits per heavy atom. The zero-order valence-corrected chi connectivity index (χ0v) is 15.9. The van der Waals surface area contributed by atoms with E-state index >= 15 is 0 Å². The van der Waals surface area contributed by atoms with Crippen LogP contribution in [0.4, 0.5) is 11.4 Å². The second-order valence-corrected chi connectivity index (χ2v) is 8.33. The molecule has 136 valence electrons. The molecule has 1 N–H and O–H groups in total. The molecular formula is C22H26N2OS. The summed E-state index contributed by atoms with van der Waals surface area (Å²) in [5.74, 6) is 0.851. The first-order chi connectivity index (χ1) is 12.8. The molecule has 1 heterocycles. The average Bonchev–Trinajstić information content (AvgIpc) is 2.70. The standard InChI is InChI=1S/C22H26N2OS/c25-22(23-16-17-8-2-1-3-9-17)14-15-24-18-10-4-6-12-20(18)26-21-13-7-5-11-19(21)24/h4-7,10-13,17H,1-3,8-9,14-16H2,(H,23,25). The van der Waals surface area contributed by atoms with Gasteiger partial charge in [-0.2, -0.15) is 0 Å². The lowest BCUT2D eigenvalue weighted by molar-refractivity contribution is -0.121. The molecule has 1 aliphatic carbocycles. The Labute approximate surface area is 160 Å². The fourth-order valence-corrected chi connectivity index (χ4v) is 5.07. The van der Waals surface area contributed by atoms with E-state index in [0.29, 0.717) is 18.9 Å². The van der Waals surface area contributed by atoms with E-state index in [9.17, 15) is 4.79 Å². The Morgan fingerprint density at radius 2 is 1.58 bits per heavy atom. The molecule has 4 rings (SSSR count). The lowest BCUT2D eigenvalue weighted by Crippen LogP contribution is -2.33. The van der Waals surface area contributed by atoms with E-state index in [1.165, 1.54) is 53.3 Å². The molecule has 1 saturated carbocycles. The molecule has 0 aromatic heterocycles. The van der Waals surface area contributed by atoms with Crippen LogP contribution in [0.3, 0.4) is 0 Å². The second-order valence-electron chi connectivity index (χ2n) is 7.25. The van der Waals surface area contributed by atoms with Crippen LogP contribution in [0, 0.1) is 5.92 Å². The molecule has 1 amide bonds. The minimum atomic E-state index is 0.170. The Hall–Kier alpha value is -1.94. The van der Waals surface area contributed by atoms with Gasteiger partial charge in [0.05, 0.1) is 11.4 Å². The summed E-state index contributed by atoms with van der Waals surface area (Å²) in [6.07, 6.45) is 7.06. The van der Waals surface area contributed by atoms with Gasteiger partial charge in [0.25, 0.3) is 0 Å². The summed E-state index contributed by atoms with van der Waals surface area (Å²) >= 11 is 1.81. The largest absolute Gasteiger partial charge is 0.356 e. The van der Waals surface area contributed by atoms with Gasteiger partial charge in [0.1, 0.15) is 0 Å². The molecule has 0 bridgehead atoms. The fraction of sp³-hybridized carbons (Fsp3) is 0.409. The third-order valence-corrected chi connectivity index (χ3v) is 6.54. The number of hydrogen-bond donors (Lipinski definition) is 1. The lowest BCUT2D eigenvalue weighted by Gasteiger charge is -2.32. The normalized spacial score (nSPS) is 16.7. The van der Waals surface area contributed by atoms with Crippen molar-refractivity contribution in [3.63, 3.8) is 0 Å². The van der Waals surface area contributed by atoms with Crippen LogP contribution in [0.2, 0.25) is 0 Å². The smallest absolute Gasteiger partial charge is 0.221 e. The molecule has 0 atom stereocenters. The summed E-state index contributed by atoms with van der Waals surface area (Å²) in [5, 5.41) is 3.17. The number of fused-ring (bicyclic) bond motifs is 2. The summed E-state index contributed by atoms with van der Waals surface area (Å²) in [4.78, 5) is 17.2. The van der Waals surface area contributed by atoms with Gasteiger partial charge in [0.15, 0.2) is 0 Å². The van der Waals surface area contributed by atoms with E-state index < -0.39 is 0 Å². The maximum Gasteiger partial charge on any atom is 0.221 e. The molecule has 1 aliphatic heterocycles. The zero-order chi connectivity index (χ0) is 17.8. The maximum absolute atomic E-state index is 12.4. The van der Waals surface area contributed by atoms with Crippen molar-refractivity contribution in [2.24, 2.45) is 5.92 Å². The van der Waals surface area contributed by atoms with Gasteiger partial charge in [-0.25, -0.2) is 0 Å². The van der Waals surface area contributed by atoms with Crippen molar-refractivity contribution in [1.82, 2.24) is 5.32 Å². The SMILES string of the molecule is O=C(CCN1c2ccccc2Sc2ccccc21)NCC1CCCCC1.